The number of morpholine rings is 1. The Kier molecular flexibility index (Phi) is 5.20. The standard InChI is InChI=1S/C18H23F2N5O2/c19-18(20)17-15(9-25(22-17)14-3-1-13(11-26)2-4-14)23-7-8-27-16(10-23)24-6-5-21-12-24/h5-6,9,11-14,16,18H,1-4,7-8,10H2. The van der Waals surface area contributed by atoms with Crippen molar-refractivity contribution >= 4 is 12.0 Å². The van der Waals surface area contributed by atoms with Gasteiger partial charge in [-0.05, 0) is 25.7 Å². The first-order chi connectivity index (χ1) is 13.2. The SMILES string of the molecule is O=CC1CCC(n2cc(N3CCOC(n4ccnc4)C3)c(C(F)F)n2)CC1. The van der Waals surface area contributed by atoms with Crippen LogP contribution < -0.4 is 4.90 Å². The summed E-state index contributed by atoms with van der Waals surface area (Å²) in [6, 6.07) is 0.0675. The number of aldehydes is 1. The number of anilines is 1. The van der Waals surface area contributed by atoms with Crippen molar-refractivity contribution in [2.45, 2.75) is 44.4 Å². The third-order valence-corrected chi connectivity index (χ3v) is 5.50. The summed E-state index contributed by atoms with van der Waals surface area (Å²) in [5, 5.41) is 4.22. The molecule has 146 valence electrons. The highest BCUT2D eigenvalue weighted by atomic mass is 19.3. The van der Waals surface area contributed by atoms with Crippen LogP contribution in [0.4, 0.5) is 14.5 Å². The molecule has 0 amide bonds. The number of aromatic nitrogens is 4. The van der Waals surface area contributed by atoms with Crippen LogP contribution in [0.5, 0.6) is 0 Å². The lowest BCUT2D eigenvalue weighted by Gasteiger charge is -2.34. The Bertz CT molecular complexity index is 756. The highest BCUT2D eigenvalue weighted by molar-refractivity contribution is 5.53. The highest BCUT2D eigenvalue weighted by Gasteiger charge is 2.30. The fourth-order valence-electron chi connectivity index (χ4n) is 3.95. The van der Waals surface area contributed by atoms with Gasteiger partial charge >= 0.3 is 0 Å². The van der Waals surface area contributed by atoms with Crippen molar-refractivity contribution in [2.75, 3.05) is 24.6 Å². The van der Waals surface area contributed by atoms with Gasteiger partial charge in [-0.15, -0.1) is 0 Å². The van der Waals surface area contributed by atoms with Gasteiger partial charge in [0.2, 0.25) is 0 Å². The number of nitrogens with zero attached hydrogens (tertiary/aromatic N) is 5. The van der Waals surface area contributed by atoms with Gasteiger partial charge in [-0.2, -0.15) is 5.10 Å². The largest absolute Gasteiger partial charge is 0.362 e. The number of carbonyl (C=O) groups is 1. The molecular weight excluding hydrogens is 356 g/mol. The smallest absolute Gasteiger partial charge is 0.284 e. The average molecular weight is 379 g/mol. The van der Waals surface area contributed by atoms with Gasteiger partial charge in [-0.3, -0.25) is 4.68 Å². The lowest BCUT2D eigenvalue weighted by molar-refractivity contribution is -0.112. The molecule has 0 spiro atoms. The summed E-state index contributed by atoms with van der Waals surface area (Å²) in [6.45, 7) is 1.44. The van der Waals surface area contributed by atoms with Gasteiger partial charge in [0.25, 0.3) is 6.43 Å². The van der Waals surface area contributed by atoms with Gasteiger partial charge in [0, 0.05) is 31.1 Å². The van der Waals surface area contributed by atoms with Crippen LogP contribution in [0.2, 0.25) is 0 Å². The molecule has 3 heterocycles. The summed E-state index contributed by atoms with van der Waals surface area (Å²) < 4.78 is 36.6. The van der Waals surface area contributed by atoms with E-state index in [2.05, 4.69) is 10.1 Å². The monoisotopic (exact) mass is 379 g/mol. The first-order valence-corrected chi connectivity index (χ1v) is 9.32. The molecule has 4 rings (SSSR count). The lowest BCUT2D eigenvalue weighted by Crippen LogP contribution is -2.40. The van der Waals surface area contributed by atoms with E-state index in [1.807, 2.05) is 9.47 Å². The van der Waals surface area contributed by atoms with Crippen molar-refractivity contribution in [3.05, 3.63) is 30.6 Å². The normalized spacial score (nSPS) is 26.5. The minimum atomic E-state index is -2.64. The zero-order chi connectivity index (χ0) is 18.8. The maximum absolute atomic E-state index is 13.7. The van der Waals surface area contributed by atoms with Crippen LogP contribution in [0, 0.1) is 5.92 Å². The van der Waals surface area contributed by atoms with E-state index in [1.54, 1.807) is 29.6 Å². The quantitative estimate of drug-likeness (QED) is 0.748. The van der Waals surface area contributed by atoms with E-state index in [4.69, 9.17) is 4.74 Å². The second kappa shape index (κ2) is 7.75. The first kappa shape index (κ1) is 18.1. The third kappa shape index (κ3) is 3.73. The minimum absolute atomic E-state index is 0.0675. The van der Waals surface area contributed by atoms with E-state index in [0.717, 1.165) is 32.0 Å². The van der Waals surface area contributed by atoms with Crippen molar-refractivity contribution in [2.24, 2.45) is 5.92 Å². The van der Waals surface area contributed by atoms with Crippen LogP contribution in [0.15, 0.2) is 24.9 Å². The number of hydrogen-bond donors (Lipinski definition) is 0. The van der Waals surface area contributed by atoms with Crippen LogP contribution in [-0.4, -0.2) is 45.3 Å². The van der Waals surface area contributed by atoms with Crippen LogP contribution in [0.1, 0.15) is 50.1 Å². The molecule has 1 unspecified atom stereocenters. The number of rotatable bonds is 5. The van der Waals surface area contributed by atoms with E-state index in [9.17, 15) is 13.6 Å². The fourth-order valence-corrected chi connectivity index (χ4v) is 3.95. The van der Waals surface area contributed by atoms with Crippen molar-refractivity contribution in [1.82, 2.24) is 19.3 Å². The van der Waals surface area contributed by atoms with Gasteiger partial charge in [0.1, 0.15) is 6.29 Å². The van der Waals surface area contributed by atoms with Gasteiger partial charge in [-0.1, -0.05) is 0 Å². The molecule has 2 aromatic heterocycles. The average Bonchev–Trinajstić information content (AvgIpc) is 3.38. The molecule has 2 aromatic rings. The van der Waals surface area contributed by atoms with Crippen LogP contribution in [0.25, 0.3) is 0 Å². The summed E-state index contributed by atoms with van der Waals surface area (Å²) in [5.74, 6) is 0.0843. The van der Waals surface area contributed by atoms with E-state index in [1.165, 1.54) is 0 Å². The van der Waals surface area contributed by atoms with Crippen LogP contribution >= 0.6 is 0 Å². The Labute approximate surface area is 155 Å². The van der Waals surface area contributed by atoms with Gasteiger partial charge in [0.05, 0.1) is 31.2 Å². The van der Waals surface area contributed by atoms with E-state index < -0.39 is 6.43 Å². The molecule has 1 atom stereocenters. The second-order valence-corrected chi connectivity index (χ2v) is 7.17. The molecule has 1 aliphatic carbocycles. The van der Waals surface area contributed by atoms with E-state index in [-0.39, 0.29) is 23.9 Å². The molecular formula is C18H23F2N5O2. The molecule has 0 aromatic carbocycles. The molecule has 0 N–H and O–H groups in total. The fraction of sp³-hybridized carbons (Fsp3) is 0.611. The van der Waals surface area contributed by atoms with Crippen molar-refractivity contribution in [3.63, 3.8) is 0 Å². The zero-order valence-electron chi connectivity index (χ0n) is 15.0. The molecule has 1 saturated heterocycles. The maximum atomic E-state index is 13.7. The van der Waals surface area contributed by atoms with E-state index in [0.29, 0.717) is 25.4 Å². The predicted octanol–water partition coefficient (Wildman–Crippen LogP) is 2.98. The number of hydrogen-bond acceptors (Lipinski definition) is 5. The highest BCUT2D eigenvalue weighted by Crippen LogP contribution is 2.36. The van der Waals surface area contributed by atoms with Gasteiger partial charge < -0.3 is 19.0 Å². The number of halogens is 2. The summed E-state index contributed by atoms with van der Waals surface area (Å²) in [5.41, 5.74) is 0.287. The first-order valence-electron chi connectivity index (χ1n) is 9.32. The molecule has 1 aliphatic heterocycles. The van der Waals surface area contributed by atoms with Gasteiger partial charge in [-0.25, -0.2) is 13.8 Å². The van der Waals surface area contributed by atoms with Crippen molar-refractivity contribution < 1.29 is 18.3 Å². The number of ether oxygens (including phenoxy) is 1. The third-order valence-electron chi connectivity index (χ3n) is 5.50. The molecule has 2 fully saturated rings. The van der Waals surface area contributed by atoms with Gasteiger partial charge in [0.15, 0.2) is 11.9 Å². The second-order valence-electron chi connectivity index (χ2n) is 7.17. The maximum Gasteiger partial charge on any atom is 0.284 e. The van der Waals surface area contributed by atoms with Crippen LogP contribution in [0.3, 0.4) is 0 Å². The molecule has 9 heteroatoms. The van der Waals surface area contributed by atoms with Crippen molar-refractivity contribution in [1.29, 1.82) is 0 Å². The zero-order valence-corrected chi connectivity index (χ0v) is 15.0. The Morgan fingerprint density at radius 3 is 2.74 bits per heavy atom. The van der Waals surface area contributed by atoms with Crippen LogP contribution in [-0.2, 0) is 9.53 Å². The number of alkyl halides is 2. The predicted molar refractivity (Wildman–Crippen MR) is 93.7 cm³/mol. The van der Waals surface area contributed by atoms with E-state index >= 15 is 0 Å². The molecule has 27 heavy (non-hydrogen) atoms. The Morgan fingerprint density at radius 2 is 2.07 bits per heavy atom. The molecule has 2 aliphatic rings. The minimum Gasteiger partial charge on any atom is -0.362 e. The Balaban J connectivity index is 1.54. The topological polar surface area (TPSA) is 65.2 Å². The number of imidazole rings is 1. The summed E-state index contributed by atoms with van der Waals surface area (Å²) >= 11 is 0. The molecule has 7 nitrogen and oxygen atoms in total. The Morgan fingerprint density at radius 1 is 1.26 bits per heavy atom. The summed E-state index contributed by atoms with van der Waals surface area (Å²) in [7, 11) is 0. The Hall–Kier alpha value is -2.29. The molecule has 0 radical (unpaired) electrons. The number of carbonyl (C=O) groups excluding carboxylic acids is 1. The van der Waals surface area contributed by atoms with Crippen molar-refractivity contribution in [3.8, 4) is 0 Å². The molecule has 0 bridgehead atoms. The lowest BCUT2D eigenvalue weighted by atomic mass is 9.87. The summed E-state index contributed by atoms with van der Waals surface area (Å²) in [4.78, 5) is 16.9. The summed E-state index contributed by atoms with van der Waals surface area (Å²) in [6.07, 6.45) is 8.11. The molecule has 1 saturated carbocycles.